The zero-order chi connectivity index (χ0) is 11.3. The number of thiophene rings is 1. The summed E-state index contributed by atoms with van der Waals surface area (Å²) in [6.45, 7) is 0. The summed E-state index contributed by atoms with van der Waals surface area (Å²) in [5, 5.41) is 0.972. The van der Waals surface area contributed by atoms with E-state index in [9.17, 15) is 9.59 Å². The van der Waals surface area contributed by atoms with Crippen LogP contribution in [-0.4, -0.2) is 9.97 Å². The van der Waals surface area contributed by atoms with Crippen LogP contribution in [0.4, 0.5) is 0 Å². The van der Waals surface area contributed by atoms with E-state index in [0.717, 1.165) is 13.7 Å². The first-order valence-corrected chi connectivity index (χ1v) is 6.39. The van der Waals surface area contributed by atoms with Gasteiger partial charge in [-0.3, -0.25) is 9.59 Å². The highest BCUT2D eigenvalue weighted by Crippen LogP contribution is 2.30. The quantitative estimate of drug-likeness (QED) is 0.484. The normalized spacial score (nSPS) is 11.3. The molecular formula is C10H5IN2O2S. The van der Waals surface area contributed by atoms with E-state index in [-0.39, 0.29) is 0 Å². The summed E-state index contributed by atoms with van der Waals surface area (Å²) in [5.74, 6) is 0. The van der Waals surface area contributed by atoms with Gasteiger partial charge in [-0.2, -0.15) is 0 Å². The predicted molar refractivity (Wildman–Crippen MR) is 73.3 cm³/mol. The van der Waals surface area contributed by atoms with Gasteiger partial charge in [0.25, 0.3) is 0 Å². The van der Waals surface area contributed by atoms with Gasteiger partial charge in [0.15, 0.2) is 0 Å². The Hall–Kier alpha value is -1.15. The van der Waals surface area contributed by atoms with Gasteiger partial charge in [-0.15, -0.1) is 11.3 Å². The van der Waals surface area contributed by atoms with Crippen molar-refractivity contribution in [3.63, 3.8) is 0 Å². The van der Waals surface area contributed by atoms with E-state index in [0.29, 0.717) is 10.3 Å². The van der Waals surface area contributed by atoms with E-state index in [2.05, 4.69) is 32.6 Å². The molecular weight excluding hydrogens is 339 g/mol. The lowest BCUT2D eigenvalue weighted by Gasteiger charge is -1.91. The molecule has 0 amide bonds. The topological polar surface area (TPSA) is 65.7 Å². The Balaban J connectivity index is 2.63. The maximum Gasteiger partial charge on any atom is 0.314 e. The highest BCUT2D eigenvalue weighted by Gasteiger charge is 2.07. The van der Waals surface area contributed by atoms with Crippen LogP contribution in [0.2, 0.25) is 0 Å². The number of benzene rings is 1. The lowest BCUT2D eigenvalue weighted by atomic mass is 10.2. The number of aromatic nitrogens is 2. The molecule has 2 heterocycles. The summed E-state index contributed by atoms with van der Waals surface area (Å²) in [4.78, 5) is 28.4. The molecule has 0 saturated carbocycles. The van der Waals surface area contributed by atoms with Crippen LogP contribution < -0.4 is 11.1 Å². The van der Waals surface area contributed by atoms with Gasteiger partial charge in [0.2, 0.25) is 0 Å². The van der Waals surface area contributed by atoms with E-state index < -0.39 is 11.1 Å². The maximum absolute atomic E-state index is 11.3. The van der Waals surface area contributed by atoms with Crippen molar-refractivity contribution in [3.05, 3.63) is 42.5 Å². The first kappa shape index (κ1) is 10.0. The van der Waals surface area contributed by atoms with Crippen molar-refractivity contribution < 1.29 is 0 Å². The summed E-state index contributed by atoms with van der Waals surface area (Å²) >= 11 is 3.68. The fourth-order valence-electron chi connectivity index (χ4n) is 1.61. The Morgan fingerprint density at radius 1 is 1.12 bits per heavy atom. The van der Waals surface area contributed by atoms with Crippen LogP contribution in [0, 0.1) is 3.57 Å². The van der Waals surface area contributed by atoms with Gasteiger partial charge in [-0.25, -0.2) is 0 Å². The fourth-order valence-corrected chi connectivity index (χ4v) is 3.14. The van der Waals surface area contributed by atoms with E-state index in [1.54, 1.807) is 0 Å². The van der Waals surface area contributed by atoms with E-state index in [1.807, 2.05) is 18.2 Å². The van der Waals surface area contributed by atoms with Gasteiger partial charge < -0.3 is 9.97 Å². The molecule has 0 unspecified atom stereocenters. The molecule has 2 aromatic heterocycles. The first-order valence-electron chi connectivity index (χ1n) is 4.49. The lowest BCUT2D eigenvalue weighted by molar-refractivity contribution is 1.16. The molecule has 4 nitrogen and oxygen atoms in total. The molecule has 0 saturated heterocycles. The molecule has 0 bridgehead atoms. The number of aromatic amines is 2. The van der Waals surface area contributed by atoms with Gasteiger partial charge in [0.05, 0.1) is 5.52 Å². The number of fused-ring (bicyclic) bond motifs is 3. The van der Waals surface area contributed by atoms with E-state index in [1.165, 1.54) is 11.3 Å². The van der Waals surface area contributed by atoms with E-state index >= 15 is 0 Å². The van der Waals surface area contributed by atoms with Crippen molar-refractivity contribution in [2.45, 2.75) is 0 Å². The number of halogens is 1. The predicted octanol–water partition coefficient (Wildman–Crippen LogP) is 2.04. The number of H-pyrrole nitrogens is 2. The third-order valence-corrected chi connectivity index (χ3v) is 4.08. The molecule has 0 fully saturated rings. The van der Waals surface area contributed by atoms with Crippen molar-refractivity contribution in [1.29, 1.82) is 0 Å². The fraction of sp³-hybridized carbons (Fsp3) is 0. The largest absolute Gasteiger partial charge is 0.315 e. The molecule has 16 heavy (non-hydrogen) atoms. The van der Waals surface area contributed by atoms with Crippen molar-refractivity contribution in [1.82, 2.24) is 9.97 Å². The molecule has 0 aliphatic rings. The Bertz CT molecular complexity index is 815. The average molecular weight is 344 g/mol. The lowest BCUT2D eigenvalue weighted by Crippen LogP contribution is -2.28. The Kier molecular flexibility index (Phi) is 2.15. The Morgan fingerprint density at radius 3 is 2.69 bits per heavy atom. The highest BCUT2D eigenvalue weighted by atomic mass is 127. The Morgan fingerprint density at radius 2 is 1.88 bits per heavy atom. The van der Waals surface area contributed by atoms with Crippen LogP contribution >= 0.6 is 33.9 Å². The third-order valence-electron chi connectivity index (χ3n) is 2.32. The van der Waals surface area contributed by atoms with Crippen LogP contribution in [0.5, 0.6) is 0 Å². The van der Waals surface area contributed by atoms with Crippen LogP contribution in [0.1, 0.15) is 0 Å². The molecule has 3 aromatic rings. The second-order valence-corrected chi connectivity index (χ2v) is 5.65. The number of hydrogen-bond donors (Lipinski definition) is 2. The van der Waals surface area contributed by atoms with Crippen LogP contribution in [-0.2, 0) is 0 Å². The third kappa shape index (κ3) is 1.40. The number of rotatable bonds is 0. The Labute approximate surface area is 106 Å². The molecule has 0 aliphatic carbocycles. The molecule has 3 rings (SSSR count). The number of hydrogen-bond acceptors (Lipinski definition) is 3. The molecule has 0 aliphatic heterocycles. The van der Waals surface area contributed by atoms with Gasteiger partial charge in [-0.1, -0.05) is 0 Å². The monoisotopic (exact) mass is 344 g/mol. The minimum atomic E-state index is -0.605. The molecule has 0 spiro atoms. The molecule has 80 valence electrons. The SMILES string of the molecule is O=c1[nH]c2sc3ccc(I)cc3c2[nH]c1=O. The smallest absolute Gasteiger partial charge is 0.314 e. The van der Waals surface area contributed by atoms with Crippen molar-refractivity contribution in [3.8, 4) is 0 Å². The summed E-state index contributed by atoms with van der Waals surface area (Å²) in [6, 6.07) is 5.97. The average Bonchev–Trinajstić information content (AvgIpc) is 2.57. The van der Waals surface area contributed by atoms with Crippen LogP contribution in [0.25, 0.3) is 20.4 Å². The first-order chi connectivity index (χ1) is 7.65. The second kappa shape index (κ2) is 3.42. The van der Waals surface area contributed by atoms with Crippen molar-refractivity contribution >= 4 is 54.4 Å². The van der Waals surface area contributed by atoms with Gasteiger partial charge >= 0.3 is 11.1 Å². The molecule has 0 atom stereocenters. The highest BCUT2D eigenvalue weighted by molar-refractivity contribution is 14.1. The molecule has 0 radical (unpaired) electrons. The summed E-state index contributed by atoms with van der Waals surface area (Å²) < 4.78 is 2.14. The van der Waals surface area contributed by atoms with Gasteiger partial charge in [-0.05, 0) is 40.8 Å². The van der Waals surface area contributed by atoms with Gasteiger partial charge in [0.1, 0.15) is 4.83 Å². The van der Waals surface area contributed by atoms with Crippen molar-refractivity contribution in [2.24, 2.45) is 0 Å². The molecule has 6 heteroatoms. The maximum atomic E-state index is 11.3. The number of nitrogens with one attached hydrogen (secondary N) is 2. The van der Waals surface area contributed by atoms with E-state index in [4.69, 9.17) is 0 Å². The molecule has 2 N–H and O–H groups in total. The standard InChI is InChI=1S/C10H5IN2O2S/c11-4-1-2-6-5(3-4)7-10(16-6)13-9(15)8(14)12-7/h1-3H,(H,12,14)(H,13,15). The molecule has 1 aromatic carbocycles. The minimum Gasteiger partial charge on any atom is -0.315 e. The minimum absolute atomic E-state index is 0.603. The van der Waals surface area contributed by atoms with Crippen LogP contribution in [0.3, 0.4) is 0 Å². The van der Waals surface area contributed by atoms with Crippen LogP contribution in [0.15, 0.2) is 27.8 Å². The second-order valence-electron chi connectivity index (χ2n) is 3.35. The zero-order valence-corrected chi connectivity index (χ0v) is 10.8. The zero-order valence-electron chi connectivity index (χ0n) is 7.83. The van der Waals surface area contributed by atoms with Crippen molar-refractivity contribution in [2.75, 3.05) is 0 Å². The summed E-state index contributed by atoms with van der Waals surface area (Å²) in [5.41, 5.74) is -0.497. The van der Waals surface area contributed by atoms with Gasteiger partial charge in [0, 0.05) is 13.7 Å². The summed E-state index contributed by atoms with van der Waals surface area (Å²) in [7, 11) is 0. The summed E-state index contributed by atoms with van der Waals surface area (Å²) in [6.07, 6.45) is 0.